The van der Waals surface area contributed by atoms with Gasteiger partial charge in [0.15, 0.2) is 0 Å². The zero-order chi connectivity index (χ0) is 75.6. The molecule has 38 bridgehead atoms. The summed E-state index contributed by atoms with van der Waals surface area (Å²) in [5.41, 5.74) is 3.11. The van der Waals surface area contributed by atoms with E-state index in [1.165, 1.54) is 230 Å². The summed E-state index contributed by atoms with van der Waals surface area (Å²) in [6, 6.07) is 0. The number of carbonyl (C=O) groups excluding carboxylic acids is 1. The van der Waals surface area contributed by atoms with E-state index >= 15 is 0 Å². The van der Waals surface area contributed by atoms with Crippen molar-refractivity contribution in [2.75, 3.05) is 0 Å². The first-order valence-electron chi connectivity index (χ1n) is 52.1. The Morgan fingerprint density at radius 3 is 0.784 bits per heavy atom. The highest BCUT2D eigenvalue weighted by atomic mass is 19.1. The van der Waals surface area contributed by atoms with Crippen LogP contribution >= 0.6 is 0 Å². The third-order valence-corrected chi connectivity index (χ3v) is 45.7. The maximum absolute atomic E-state index is 12.3. The zero-order valence-corrected chi connectivity index (χ0v) is 73.8. The summed E-state index contributed by atoms with van der Waals surface area (Å²) in [5.74, 6) is 42.4. The molecule has 0 radical (unpaired) electrons. The number of hydrogen-bond donors (Lipinski definition) is 1. The SMILES string of the molecule is C1C2CC1C2.C1C2CC3C1C3C2.C1C2CC3C1C3C2.C1C2CC3CC1C3C2.C1CC2CC1C2.C1CC2CCC1C2.C1CC2CCC3CCC2C3C1.CC1(C)C2CC3C(C2)C31.CC1(C)C2CCC1CC2.CC12CC(C1)C2.CC12CC(C1)C2.CC1C2CCC(C2)C1(C)C.FC12CC(C1)C2.O=C1C2CCC1CC2.OC12CC(C1)C2. The minimum Gasteiger partial charge on any atom is -0.390 e. The van der Waals surface area contributed by atoms with Gasteiger partial charge in [-0.1, -0.05) is 114 Å². The molecule has 0 aromatic rings. The lowest BCUT2D eigenvalue weighted by atomic mass is 9.45. The van der Waals surface area contributed by atoms with Gasteiger partial charge in [0.05, 0.1) is 5.60 Å². The number of halogens is 1. The summed E-state index contributed by atoms with van der Waals surface area (Å²) in [6.07, 6.45) is 80.0. The van der Waals surface area contributed by atoms with Crippen molar-refractivity contribution in [3.63, 3.8) is 0 Å². The van der Waals surface area contributed by atoms with Gasteiger partial charge in [0.2, 0.25) is 0 Å². The first-order valence-corrected chi connectivity index (χ1v) is 52.1. The molecule has 0 aromatic carbocycles. The highest BCUT2D eigenvalue weighted by Gasteiger charge is 2.72. The second kappa shape index (κ2) is 29.4. The number of fused-ring (bicyclic) bond motifs is 10. The summed E-state index contributed by atoms with van der Waals surface area (Å²) in [5, 5.41) is 8.98. The Bertz CT molecular complexity index is 2890. The monoisotopic (exact) mass is 1520 g/mol. The van der Waals surface area contributed by atoms with Crippen LogP contribution < -0.4 is 0 Å². The Morgan fingerprint density at radius 2 is 0.604 bits per heavy atom. The summed E-state index contributed by atoms with van der Waals surface area (Å²) in [4.78, 5) is 11.0. The van der Waals surface area contributed by atoms with Gasteiger partial charge >= 0.3 is 0 Å². The molecule has 624 valence electrons. The molecule has 44 rings (SSSR count). The summed E-state index contributed by atoms with van der Waals surface area (Å²) in [6.45, 7) is 22.0. The summed E-state index contributed by atoms with van der Waals surface area (Å²) in [7, 11) is 0. The lowest BCUT2D eigenvalue weighted by Gasteiger charge is -2.60. The molecule has 44 aliphatic rings. The van der Waals surface area contributed by atoms with Crippen molar-refractivity contribution in [3.05, 3.63) is 0 Å². The second-order valence-electron chi connectivity index (χ2n) is 53.4. The van der Waals surface area contributed by atoms with Gasteiger partial charge in [-0.05, 0) is 530 Å². The van der Waals surface area contributed by atoms with Gasteiger partial charge in [-0.25, -0.2) is 4.39 Å². The molecule has 44 aliphatic carbocycles. The van der Waals surface area contributed by atoms with Crippen molar-refractivity contribution in [2.45, 2.75) is 420 Å². The third-order valence-electron chi connectivity index (χ3n) is 45.7. The van der Waals surface area contributed by atoms with E-state index in [9.17, 15) is 9.18 Å². The number of carbonyl (C=O) groups is 1. The van der Waals surface area contributed by atoms with Gasteiger partial charge in [0, 0.05) is 11.8 Å². The topological polar surface area (TPSA) is 37.3 Å². The number of rotatable bonds is 0. The lowest BCUT2D eigenvalue weighted by molar-refractivity contribution is -0.189. The maximum Gasteiger partial charge on any atom is 0.139 e. The van der Waals surface area contributed by atoms with Crippen LogP contribution in [0.25, 0.3) is 0 Å². The van der Waals surface area contributed by atoms with Gasteiger partial charge < -0.3 is 5.11 Å². The van der Waals surface area contributed by atoms with Gasteiger partial charge in [-0.15, -0.1) is 0 Å². The Hall–Kier alpha value is -0.440. The standard InChI is InChI=1S/C11H18.C10H18.C9H14.C9H16.C8H12.C7H10O.2C7H10.C7H12.3C6H10.C5H7F.C5H8O.C5H8/c1-2-8-4-5-9-6-7-11(8)10(9)3-1;1-7-8-4-5-9(6-8)10(7,2)3;1-9(2)5-3-6-7(4-5)8(6)9;1-9(2)7-3-4-8(9)6-5-7;1-5-2-7-4-6(1)8(7)3-5;8-7-5-1-2-6(7)4-3-5;2*1-4-2-6-5(1)7(6)3-4;1-2-7-4-3-6(1)5-7;2*1-6-2-5(3-6)4-6;1-2-6-3-5(1)4-6;2*6-5-1-4(2-5)3-5;1-4-2-5(1)3-4/h8-11H,1-7H2;7-9H,4-6H2,1-3H3;5-8H,3-4H2,1-2H3;7-8H,3-6H2,1-2H3;5-8H,1-4H2;5-6H,1-4H2;2*4-7H,1-3H2;6-7H,1-5H2;2*5H,2-4H2,1H3;5-6H,1-4H2;4H,1-3H2;4,6H,1-3H2;4-5H,1-3H2. The van der Waals surface area contributed by atoms with Gasteiger partial charge in [0.1, 0.15) is 11.5 Å². The quantitative estimate of drug-likeness (QED) is 0.262. The fourth-order valence-electron chi connectivity index (χ4n) is 37.3. The third kappa shape index (κ3) is 15.1. The van der Waals surface area contributed by atoms with Gasteiger partial charge in [-0.2, -0.15) is 0 Å². The van der Waals surface area contributed by atoms with Crippen LogP contribution in [0.4, 0.5) is 4.39 Å². The molecule has 111 heavy (non-hydrogen) atoms. The molecule has 0 amide bonds. The summed E-state index contributed by atoms with van der Waals surface area (Å²) < 4.78 is 12.3. The Morgan fingerprint density at radius 1 is 0.261 bits per heavy atom. The average Bonchev–Trinajstić information content (AvgIpc) is 1.29. The predicted octanol–water partition coefficient (Wildman–Crippen LogP) is 29.3. The van der Waals surface area contributed by atoms with Crippen molar-refractivity contribution >= 4 is 5.78 Å². The fourth-order valence-corrected chi connectivity index (χ4v) is 37.3. The highest BCUT2D eigenvalue weighted by Crippen LogP contribution is 2.78. The van der Waals surface area contributed by atoms with Crippen molar-refractivity contribution in [1.29, 1.82) is 0 Å². The number of Topliss-reactive ketones (excluding diaryl/α,β-unsaturated/α-hetero) is 1. The second-order valence-corrected chi connectivity index (χ2v) is 53.4. The summed E-state index contributed by atoms with van der Waals surface area (Å²) >= 11 is 0. The van der Waals surface area contributed by atoms with Crippen LogP contribution in [0.3, 0.4) is 0 Å². The molecule has 3 heteroatoms. The number of hydrogen-bond acceptors (Lipinski definition) is 2. The van der Waals surface area contributed by atoms with Crippen LogP contribution in [0, 0.1) is 246 Å². The van der Waals surface area contributed by atoms with E-state index in [1.807, 2.05) is 0 Å². The minimum atomic E-state index is -0.634. The van der Waals surface area contributed by atoms with Crippen LogP contribution in [0.15, 0.2) is 0 Å². The molecule has 44 saturated carbocycles. The molecule has 11 atom stereocenters. The van der Waals surface area contributed by atoms with E-state index in [0.717, 1.165) is 108 Å². The molecule has 44 fully saturated rings. The van der Waals surface area contributed by atoms with Gasteiger partial charge in [-0.3, -0.25) is 4.79 Å². The van der Waals surface area contributed by atoms with Crippen LogP contribution in [0.2, 0.25) is 0 Å². The largest absolute Gasteiger partial charge is 0.390 e. The number of ketones is 1. The molecule has 0 aromatic heterocycles. The number of aliphatic hydroxyl groups is 1. The minimum absolute atomic E-state index is 0.134. The Kier molecular flexibility index (Phi) is 20.6. The molecule has 11 unspecified atom stereocenters. The molecule has 0 spiro atoms. The first-order chi connectivity index (χ1) is 53.2. The Balaban J connectivity index is 0.0000000756. The zero-order valence-electron chi connectivity index (χ0n) is 73.8. The molecule has 0 heterocycles. The van der Waals surface area contributed by atoms with Gasteiger partial charge in [0.25, 0.3) is 0 Å². The van der Waals surface area contributed by atoms with Crippen LogP contribution in [-0.2, 0) is 4.79 Å². The van der Waals surface area contributed by atoms with Crippen LogP contribution in [0.5, 0.6) is 0 Å². The van der Waals surface area contributed by atoms with Crippen molar-refractivity contribution in [3.8, 4) is 0 Å². The average molecular weight is 1520 g/mol. The molecule has 1 N–H and O–H groups in total. The van der Waals surface area contributed by atoms with E-state index < -0.39 is 5.67 Å². The normalized spacial score (nSPS) is 57.8. The van der Waals surface area contributed by atoms with E-state index in [4.69, 9.17) is 5.11 Å². The predicted molar refractivity (Wildman–Crippen MR) is 455 cm³/mol. The van der Waals surface area contributed by atoms with Crippen molar-refractivity contribution in [2.24, 2.45) is 246 Å². The van der Waals surface area contributed by atoms with Crippen LogP contribution in [-0.4, -0.2) is 22.2 Å². The molecule has 2 nitrogen and oxygen atoms in total. The van der Waals surface area contributed by atoms with E-state index in [2.05, 4.69) is 62.3 Å². The Labute approximate surface area is 682 Å². The lowest BCUT2D eigenvalue weighted by Crippen LogP contribution is -2.57. The number of alkyl halides is 1. The molecule has 0 saturated heterocycles. The molecular formula is C108H173FO2. The highest BCUT2D eigenvalue weighted by molar-refractivity contribution is 5.87. The van der Waals surface area contributed by atoms with E-state index in [0.29, 0.717) is 23.0 Å². The fraction of sp³-hybridized carbons (Fsp3) is 0.991. The van der Waals surface area contributed by atoms with Crippen molar-refractivity contribution < 1.29 is 14.3 Å². The van der Waals surface area contributed by atoms with E-state index in [-0.39, 0.29) is 5.60 Å². The van der Waals surface area contributed by atoms with E-state index in [1.54, 1.807) is 238 Å². The molecule has 0 aliphatic heterocycles. The molecular weight excluding hydrogens is 1350 g/mol. The van der Waals surface area contributed by atoms with Crippen LogP contribution in [0.1, 0.15) is 409 Å². The maximum atomic E-state index is 12.3. The smallest absolute Gasteiger partial charge is 0.139 e. The van der Waals surface area contributed by atoms with Crippen molar-refractivity contribution in [1.82, 2.24) is 0 Å². The first kappa shape index (κ1) is 77.9.